The average Bonchev–Trinajstić information content (AvgIpc) is 2.27. The molecule has 1 N–H and O–H groups in total. The van der Waals surface area contributed by atoms with Gasteiger partial charge in [-0.25, -0.2) is 0 Å². The Balaban J connectivity index is 2.18. The Labute approximate surface area is 108 Å². The number of hydrogen-bond acceptors (Lipinski definition) is 2. The van der Waals surface area contributed by atoms with E-state index in [2.05, 4.69) is 45.0 Å². The highest BCUT2D eigenvalue weighted by Gasteiger charge is 2.22. The lowest BCUT2D eigenvalue weighted by molar-refractivity contribution is 0.161. The second-order valence-electron chi connectivity index (χ2n) is 6.74. The molecule has 0 aromatic heterocycles. The molecule has 0 saturated heterocycles. The minimum absolute atomic E-state index is 0.251. The molecule has 1 aliphatic carbocycles. The molecule has 2 nitrogen and oxygen atoms in total. The Morgan fingerprint density at radius 3 is 2.18 bits per heavy atom. The van der Waals surface area contributed by atoms with Gasteiger partial charge in [0.05, 0.1) is 0 Å². The van der Waals surface area contributed by atoms with Crippen LogP contribution >= 0.6 is 0 Å². The lowest BCUT2D eigenvalue weighted by atomic mass is 9.84. The van der Waals surface area contributed by atoms with Crippen LogP contribution in [-0.2, 0) is 0 Å². The van der Waals surface area contributed by atoms with Crippen LogP contribution in [0.25, 0.3) is 0 Å². The fourth-order valence-electron chi connectivity index (χ4n) is 2.78. The van der Waals surface area contributed by atoms with Crippen molar-refractivity contribution in [1.82, 2.24) is 10.2 Å². The molecule has 2 heteroatoms. The second-order valence-corrected chi connectivity index (χ2v) is 6.74. The van der Waals surface area contributed by atoms with Crippen molar-refractivity contribution in [1.29, 1.82) is 0 Å². The van der Waals surface area contributed by atoms with E-state index in [-0.39, 0.29) is 5.54 Å². The first-order valence-corrected chi connectivity index (χ1v) is 7.37. The van der Waals surface area contributed by atoms with Gasteiger partial charge in [-0.3, -0.25) is 0 Å². The maximum Gasteiger partial charge on any atom is 0.0107 e. The monoisotopic (exact) mass is 240 g/mol. The molecule has 0 atom stereocenters. The molecule has 0 bridgehead atoms. The maximum absolute atomic E-state index is 3.57. The van der Waals surface area contributed by atoms with Crippen molar-refractivity contribution in [2.45, 2.75) is 71.4 Å². The highest BCUT2D eigenvalue weighted by Crippen LogP contribution is 2.28. The van der Waals surface area contributed by atoms with Crippen LogP contribution in [0.15, 0.2) is 0 Å². The van der Waals surface area contributed by atoms with Crippen molar-refractivity contribution in [3.05, 3.63) is 0 Å². The molecule has 1 rings (SSSR count). The second kappa shape index (κ2) is 6.75. The van der Waals surface area contributed by atoms with Gasteiger partial charge in [0.25, 0.3) is 0 Å². The van der Waals surface area contributed by atoms with Crippen molar-refractivity contribution in [3.8, 4) is 0 Å². The third-order valence-corrected chi connectivity index (χ3v) is 4.14. The summed E-state index contributed by atoms with van der Waals surface area (Å²) in [6, 6.07) is 0.833. The molecule has 102 valence electrons. The Hall–Kier alpha value is -0.0800. The summed E-state index contributed by atoms with van der Waals surface area (Å²) in [5.74, 6) is 1.01. The summed E-state index contributed by atoms with van der Waals surface area (Å²) in [6.07, 6.45) is 7.08. The van der Waals surface area contributed by atoms with Gasteiger partial charge < -0.3 is 10.2 Å². The lowest BCUT2D eigenvalue weighted by Gasteiger charge is -2.35. The molecule has 1 aliphatic rings. The zero-order valence-corrected chi connectivity index (χ0v) is 12.6. The van der Waals surface area contributed by atoms with Crippen LogP contribution in [-0.4, -0.2) is 36.6 Å². The van der Waals surface area contributed by atoms with Crippen LogP contribution in [0, 0.1) is 5.92 Å². The number of nitrogens with zero attached hydrogens (tertiary/aromatic N) is 1. The van der Waals surface area contributed by atoms with E-state index in [0.717, 1.165) is 18.5 Å². The van der Waals surface area contributed by atoms with E-state index in [0.29, 0.717) is 0 Å². The summed E-state index contributed by atoms with van der Waals surface area (Å²) in [5.41, 5.74) is 0.251. The van der Waals surface area contributed by atoms with E-state index in [4.69, 9.17) is 0 Å². The molecule has 1 saturated carbocycles. The fraction of sp³-hybridized carbons (Fsp3) is 1.00. The average molecular weight is 240 g/mol. The van der Waals surface area contributed by atoms with Crippen LogP contribution in [0.1, 0.15) is 59.8 Å². The largest absolute Gasteiger partial charge is 0.311 e. The molecule has 0 spiro atoms. The third-order valence-electron chi connectivity index (χ3n) is 4.14. The van der Waals surface area contributed by atoms with Gasteiger partial charge in [0, 0.05) is 24.7 Å². The van der Waals surface area contributed by atoms with Crippen molar-refractivity contribution in [2.24, 2.45) is 5.92 Å². The van der Waals surface area contributed by atoms with Gasteiger partial charge in [-0.05, 0) is 59.4 Å². The van der Waals surface area contributed by atoms with Gasteiger partial charge >= 0.3 is 0 Å². The molecule has 0 aromatic rings. The molecular weight excluding hydrogens is 208 g/mol. The molecule has 0 aliphatic heterocycles. The fourth-order valence-corrected chi connectivity index (χ4v) is 2.78. The zero-order valence-electron chi connectivity index (χ0n) is 12.6. The van der Waals surface area contributed by atoms with Crippen molar-refractivity contribution < 1.29 is 0 Å². The number of rotatable bonds is 5. The van der Waals surface area contributed by atoms with Gasteiger partial charge in [0.2, 0.25) is 0 Å². The number of nitrogens with one attached hydrogen (secondary N) is 1. The summed E-state index contributed by atoms with van der Waals surface area (Å²) in [6.45, 7) is 11.3. The van der Waals surface area contributed by atoms with Crippen molar-refractivity contribution in [2.75, 3.05) is 20.1 Å². The van der Waals surface area contributed by atoms with E-state index in [1.54, 1.807) is 0 Å². The molecule has 0 aromatic carbocycles. The molecule has 0 heterocycles. The summed E-state index contributed by atoms with van der Waals surface area (Å²) >= 11 is 0. The first-order valence-electron chi connectivity index (χ1n) is 7.37. The minimum Gasteiger partial charge on any atom is -0.311 e. The van der Waals surface area contributed by atoms with E-state index in [9.17, 15) is 0 Å². The summed E-state index contributed by atoms with van der Waals surface area (Å²) < 4.78 is 0. The Morgan fingerprint density at radius 1 is 1.12 bits per heavy atom. The van der Waals surface area contributed by atoms with Crippen LogP contribution in [0.2, 0.25) is 0 Å². The van der Waals surface area contributed by atoms with Gasteiger partial charge in [-0.2, -0.15) is 0 Å². The van der Waals surface area contributed by atoms with Gasteiger partial charge in [-0.15, -0.1) is 0 Å². The van der Waals surface area contributed by atoms with Crippen LogP contribution < -0.4 is 5.32 Å². The van der Waals surface area contributed by atoms with Crippen LogP contribution in [0.4, 0.5) is 0 Å². The summed E-state index contributed by atoms with van der Waals surface area (Å²) in [7, 11) is 2.29. The third kappa shape index (κ3) is 5.87. The van der Waals surface area contributed by atoms with E-state index >= 15 is 0 Å². The molecular formula is C15H32N2. The molecule has 1 fully saturated rings. The molecule has 0 amide bonds. The Morgan fingerprint density at radius 2 is 1.71 bits per heavy atom. The summed E-state index contributed by atoms with van der Waals surface area (Å²) in [4.78, 5) is 2.56. The van der Waals surface area contributed by atoms with Crippen LogP contribution in [0.5, 0.6) is 0 Å². The van der Waals surface area contributed by atoms with Gasteiger partial charge in [0.1, 0.15) is 0 Å². The summed E-state index contributed by atoms with van der Waals surface area (Å²) in [5, 5.41) is 3.57. The van der Waals surface area contributed by atoms with E-state index in [1.165, 1.54) is 38.6 Å². The highest BCUT2D eigenvalue weighted by molar-refractivity contribution is 4.79. The minimum atomic E-state index is 0.251. The smallest absolute Gasteiger partial charge is 0.0107 e. The molecule has 0 unspecified atom stereocenters. The lowest BCUT2D eigenvalue weighted by Crippen LogP contribution is -2.43. The molecule has 17 heavy (non-hydrogen) atoms. The highest BCUT2D eigenvalue weighted by atomic mass is 15.1. The Bertz CT molecular complexity index is 199. The maximum atomic E-state index is 3.57. The molecule has 0 radical (unpaired) electrons. The SMILES string of the molecule is CCC1CCC(N(C)CCNC(C)(C)C)CC1. The first-order chi connectivity index (χ1) is 7.92. The first kappa shape index (κ1) is 15.0. The van der Waals surface area contributed by atoms with E-state index in [1.807, 2.05) is 0 Å². The normalized spacial score (nSPS) is 26.5. The van der Waals surface area contributed by atoms with Crippen LogP contribution in [0.3, 0.4) is 0 Å². The number of likely N-dealkylation sites (N-methyl/N-ethyl adjacent to an activating group) is 1. The zero-order chi connectivity index (χ0) is 12.9. The van der Waals surface area contributed by atoms with Gasteiger partial charge in [0.15, 0.2) is 0 Å². The van der Waals surface area contributed by atoms with E-state index < -0.39 is 0 Å². The van der Waals surface area contributed by atoms with Crippen molar-refractivity contribution in [3.63, 3.8) is 0 Å². The topological polar surface area (TPSA) is 15.3 Å². The number of hydrogen-bond donors (Lipinski definition) is 1. The standard InChI is InChI=1S/C15H32N2/c1-6-13-7-9-14(10-8-13)17(5)12-11-16-15(2,3)4/h13-14,16H,6-12H2,1-5H3. The predicted octanol–water partition coefficient (Wildman–Crippen LogP) is 3.28. The van der Waals surface area contributed by atoms with Gasteiger partial charge in [-0.1, -0.05) is 13.3 Å². The predicted molar refractivity (Wildman–Crippen MR) is 76.4 cm³/mol. The quantitative estimate of drug-likeness (QED) is 0.793. The Kier molecular flexibility index (Phi) is 5.94. The van der Waals surface area contributed by atoms with Crippen molar-refractivity contribution >= 4 is 0 Å².